The lowest BCUT2D eigenvalue weighted by Gasteiger charge is -2.37. The van der Waals surface area contributed by atoms with E-state index in [-0.39, 0.29) is 11.5 Å². The van der Waals surface area contributed by atoms with Gasteiger partial charge in [0.25, 0.3) is 0 Å². The summed E-state index contributed by atoms with van der Waals surface area (Å²) in [6.45, 7) is 8.39. The van der Waals surface area contributed by atoms with Crippen molar-refractivity contribution in [3.63, 3.8) is 0 Å². The topological polar surface area (TPSA) is 65.7 Å². The Morgan fingerprint density at radius 1 is 1.07 bits per heavy atom. The normalized spacial score (nSPS) is 23.8. The zero-order chi connectivity index (χ0) is 19.3. The lowest BCUT2D eigenvalue weighted by atomic mass is 9.83. The Kier molecular flexibility index (Phi) is 4.33. The largest absolute Gasteiger partial charge is 0.381 e. The van der Waals surface area contributed by atoms with Gasteiger partial charge < -0.3 is 14.7 Å². The summed E-state index contributed by atoms with van der Waals surface area (Å²) in [6.07, 6.45) is 5.16. The van der Waals surface area contributed by atoms with Gasteiger partial charge in [-0.25, -0.2) is 4.98 Å². The van der Waals surface area contributed by atoms with Gasteiger partial charge in [0, 0.05) is 47.1 Å². The first-order valence-electron chi connectivity index (χ1n) is 10.5. The number of ether oxygens (including phenoxy) is 1. The Morgan fingerprint density at radius 3 is 2.61 bits per heavy atom. The summed E-state index contributed by atoms with van der Waals surface area (Å²) in [7, 11) is 0. The SMILES string of the molecule is CC(C)(C)c1cnc(C2Cc3c([nH]c4ccccc34)C(C3CCOCC3)N2)[nH]1. The lowest BCUT2D eigenvalue weighted by Crippen LogP contribution is -2.39. The molecule has 0 aliphatic carbocycles. The number of aromatic amines is 2. The standard InChI is InChI=1S/C23H30N4O/c1-23(2,3)19-13-24-22(27-19)18-12-16-15-6-4-5-7-17(15)25-21(16)20(26-18)14-8-10-28-11-9-14/h4-7,13-14,18,20,25-26H,8-12H2,1-3H3,(H,24,27). The second-order valence-electron chi connectivity index (χ2n) is 9.35. The van der Waals surface area contributed by atoms with Crippen LogP contribution >= 0.6 is 0 Å². The fourth-order valence-electron chi connectivity index (χ4n) is 4.76. The average molecular weight is 379 g/mol. The molecule has 3 aromatic rings. The molecule has 2 aromatic heterocycles. The summed E-state index contributed by atoms with van der Waals surface area (Å²) in [5.41, 5.74) is 5.32. The molecule has 5 rings (SSSR count). The molecule has 0 spiro atoms. The minimum absolute atomic E-state index is 0.0754. The van der Waals surface area contributed by atoms with Crippen molar-refractivity contribution in [3.8, 4) is 0 Å². The molecule has 148 valence electrons. The van der Waals surface area contributed by atoms with Gasteiger partial charge >= 0.3 is 0 Å². The van der Waals surface area contributed by atoms with Gasteiger partial charge in [0.2, 0.25) is 0 Å². The van der Waals surface area contributed by atoms with E-state index in [9.17, 15) is 0 Å². The van der Waals surface area contributed by atoms with E-state index < -0.39 is 0 Å². The minimum atomic E-state index is 0.0754. The van der Waals surface area contributed by atoms with Gasteiger partial charge in [0.15, 0.2) is 0 Å². The molecule has 1 saturated heterocycles. The number of benzene rings is 1. The smallest absolute Gasteiger partial charge is 0.123 e. The van der Waals surface area contributed by atoms with E-state index in [4.69, 9.17) is 9.72 Å². The number of hydrogen-bond donors (Lipinski definition) is 3. The molecule has 0 bridgehead atoms. The maximum Gasteiger partial charge on any atom is 0.123 e. The van der Waals surface area contributed by atoms with Crippen molar-refractivity contribution in [2.75, 3.05) is 13.2 Å². The molecule has 2 aliphatic heterocycles. The Bertz CT molecular complexity index is 974. The van der Waals surface area contributed by atoms with Crippen LogP contribution in [0.2, 0.25) is 0 Å². The van der Waals surface area contributed by atoms with Gasteiger partial charge in [0.05, 0.1) is 12.1 Å². The highest BCUT2D eigenvalue weighted by molar-refractivity contribution is 5.85. The summed E-state index contributed by atoms with van der Waals surface area (Å²) >= 11 is 0. The van der Waals surface area contributed by atoms with Crippen LogP contribution in [-0.2, 0) is 16.6 Å². The molecule has 2 aliphatic rings. The van der Waals surface area contributed by atoms with Crippen molar-refractivity contribution < 1.29 is 4.74 Å². The fourth-order valence-corrected chi connectivity index (χ4v) is 4.76. The van der Waals surface area contributed by atoms with E-state index in [1.54, 1.807) is 0 Å². The number of nitrogens with zero attached hydrogens (tertiary/aromatic N) is 1. The monoisotopic (exact) mass is 378 g/mol. The summed E-state index contributed by atoms with van der Waals surface area (Å²) in [6, 6.07) is 9.21. The van der Waals surface area contributed by atoms with Crippen LogP contribution in [0.15, 0.2) is 30.5 Å². The van der Waals surface area contributed by atoms with Gasteiger partial charge in [0.1, 0.15) is 5.82 Å². The second kappa shape index (κ2) is 6.75. The van der Waals surface area contributed by atoms with Crippen LogP contribution < -0.4 is 5.32 Å². The van der Waals surface area contributed by atoms with E-state index in [2.05, 4.69) is 60.3 Å². The van der Waals surface area contributed by atoms with Crippen molar-refractivity contribution in [1.29, 1.82) is 0 Å². The third-order valence-corrected chi connectivity index (χ3v) is 6.42. The van der Waals surface area contributed by atoms with Crippen molar-refractivity contribution in [3.05, 3.63) is 53.2 Å². The fraction of sp³-hybridized carbons (Fsp3) is 0.522. The minimum Gasteiger partial charge on any atom is -0.381 e. The molecular formula is C23H30N4O. The molecule has 0 saturated carbocycles. The molecule has 0 amide bonds. The number of nitrogens with one attached hydrogen (secondary N) is 3. The Labute approximate surface area is 166 Å². The van der Waals surface area contributed by atoms with Crippen LogP contribution in [0.5, 0.6) is 0 Å². The summed E-state index contributed by atoms with van der Waals surface area (Å²) in [4.78, 5) is 12.1. The maximum atomic E-state index is 5.63. The number of aromatic nitrogens is 3. The maximum absolute atomic E-state index is 5.63. The third kappa shape index (κ3) is 3.07. The van der Waals surface area contributed by atoms with Crippen LogP contribution in [0.4, 0.5) is 0 Å². The summed E-state index contributed by atoms with van der Waals surface area (Å²) < 4.78 is 5.63. The van der Waals surface area contributed by atoms with E-state index in [0.29, 0.717) is 12.0 Å². The number of para-hydroxylation sites is 1. The molecule has 5 heteroatoms. The van der Waals surface area contributed by atoms with Gasteiger partial charge in [-0.3, -0.25) is 5.32 Å². The average Bonchev–Trinajstić information content (AvgIpc) is 3.33. The number of fused-ring (bicyclic) bond motifs is 3. The van der Waals surface area contributed by atoms with Crippen LogP contribution in [0.25, 0.3) is 10.9 Å². The number of imidazole rings is 1. The van der Waals surface area contributed by atoms with Crippen molar-refractivity contribution >= 4 is 10.9 Å². The molecule has 0 radical (unpaired) electrons. The quantitative estimate of drug-likeness (QED) is 0.613. The highest BCUT2D eigenvalue weighted by Gasteiger charge is 2.36. The van der Waals surface area contributed by atoms with Gasteiger partial charge in [-0.1, -0.05) is 39.0 Å². The molecular weight excluding hydrogens is 348 g/mol. The second-order valence-corrected chi connectivity index (χ2v) is 9.35. The van der Waals surface area contributed by atoms with Crippen molar-refractivity contribution in [2.45, 2.75) is 57.5 Å². The van der Waals surface area contributed by atoms with Gasteiger partial charge in [-0.15, -0.1) is 0 Å². The predicted octanol–water partition coefficient (Wildman–Crippen LogP) is 4.54. The third-order valence-electron chi connectivity index (χ3n) is 6.42. The molecule has 28 heavy (non-hydrogen) atoms. The van der Waals surface area contributed by atoms with Crippen molar-refractivity contribution in [1.82, 2.24) is 20.3 Å². The molecule has 1 aromatic carbocycles. The van der Waals surface area contributed by atoms with Crippen LogP contribution in [0.1, 0.15) is 68.5 Å². The highest BCUT2D eigenvalue weighted by Crippen LogP contribution is 2.41. The van der Waals surface area contributed by atoms with E-state index in [1.165, 1.54) is 27.9 Å². The Balaban J connectivity index is 1.55. The summed E-state index contributed by atoms with van der Waals surface area (Å²) in [5, 5.41) is 5.29. The molecule has 1 fully saturated rings. The predicted molar refractivity (Wildman–Crippen MR) is 111 cm³/mol. The Morgan fingerprint density at radius 2 is 1.86 bits per heavy atom. The van der Waals surface area contributed by atoms with Crippen LogP contribution in [-0.4, -0.2) is 28.2 Å². The highest BCUT2D eigenvalue weighted by atomic mass is 16.5. The first-order valence-corrected chi connectivity index (χ1v) is 10.5. The van der Waals surface area contributed by atoms with Gasteiger partial charge in [-0.05, 0) is 36.8 Å². The van der Waals surface area contributed by atoms with Crippen molar-refractivity contribution in [2.24, 2.45) is 5.92 Å². The molecule has 3 N–H and O–H groups in total. The first-order chi connectivity index (χ1) is 13.5. The molecule has 4 heterocycles. The molecule has 5 nitrogen and oxygen atoms in total. The number of H-pyrrole nitrogens is 2. The number of hydrogen-bond acceptors (Lipinski definition) is 3. The zero-order valence-electron chi connectivity index (χ0n) is 17.0. The van der Waals surface area contributed by atoms with Crippen LogP contribution in [0.3, 0.4) is 0 Å². The molecule has 2 atom stereocenters. The van der Waals surface area contributed by atoms with Gasteiger partial charge in [-0.2, -0.15) is 0 Å². The summed E-state index contributed by atoms with van der Waals surface area (Å²) in [5.74, 6) is 1.64. The van der Waals surface area contributed by atoms with E-state index >= 15 is 0 Å². The lowest BCUT2D eigenvalue weighted by molar-refractivity contribution is 0.0497. The zero-order valence-corrected chi connectivity index (χ0v) is 17.0. The first kappa shape index (κ1) is 18.0. The molecule has 2 unspecified atom stereocenters. The van der Waals surface area contributed by atoms with Crippen LogP contribution in [0, 0.1) is 5.92 Å². The van der Waals surface area contributed by atoms with E-state index in [1.807, 2.05) is 6.20 Å². The van der Waals surface area contributed by atoms with E-state index in [0.717, 1.165) is 38.3 Å². The Hall–Kier alpha value is -2.11. The number of rotatable bonds is 2.